The van der Waals surface area contributed by atoms with Gasteiger partial charge in [0.2, 0.25) is 5.91 Å². The lowest BCUT2D eigenvalue weighted by molar-refractivity contribution is -0.298. The van der Waals surface area contributed by atoms with Crippen LogP contribution < -0.4 is 5.32 Å². The Bertz CT molecular complexity index is 842. The standard InChI is InChI=1S/C27H51NO12S/c1-3-5-7-8-9-10-11-12-14-16-21(31)26(34)28-19(20(30)15-13-6-4-2)18-38-27-24(33)25(40-41(35,36)37)23(32)22(17-29)39-27/h8-9,19-25,27,29-33H,3-7,10-18H2,1-2H3,(H,28,34)(H,35,36,37)/b9-8-. The van der Waals surface area contributed by atoms with E-state index < -0.39 is 78.5 Å². The zero-order chi connectivity index (χ0) is 30.8. The Kier molecular flexibility index (Phi) is 19.1. The van der Waals surface area contributed by atoms with Gasteiger partial charge in [0.1, 0.15) is 30.5 Å². The van der Waals surface area contributed by atoms with Gasteiger partial charge in [-0.1, -0.05) is 70.9 Å². The van der Waals surface area contributed by atoms with E-state index in [1.165, 1.54) is 6.42 Å². The molecule has 14 heteroatoms. The van der Waals surface area contributed by atoms with Gasteiger partial charge >= 0.3 is 10.4 Å². The van der Waals surface area contributed by atoms with Crippen molar-refractivity contribution >= 4 is 16.3 Å². The molecule has 0 radical (unpaired) electrons. The Morgan fingerprint density at radius 1 is 0.951 bits per heavy atom. The first-order valence-corrected chi connectivity index (χ1v) is 16.0. The molecule has 0 spiro atoms. The molecule has 0 bridgehead atoms. The highest BCUT2D eigenvalue weighted by molar-refractivity contribution is 7.80. The Morgan fingerprint density at radius 3 is 2.20 bits per heavy atom. The van der Waals surface area contributed by atoms with Crippen LogP contribution in [0.25, 0.3) is 0 Å². The average molecular weight is 614 g/mol. The highest BCUT2D eigenvalue weighted by Crippen LogP contribution is 2.26. The number of allylic oxidation sites excluding steroid dienone is 2. The summed E-state index contributed by atoms with van der Waals surface area (Å²) in [5, 5.41) is 53.9. The summed E-state index contributed by atoms with van der Waals surface area (Å²) < 4.78 is 46.6. The quantitative estimate of drug-likeness (QED) is 0.0520. The van der Waals surface area contributed by atoms with Crippen LogP contribution in [0.1, 0.15) is 90.9 Å². The number of rotatable bonds is 22. The molecule has 13 nitrogen and oxygen atoms in total. The van der Waals surface area contributed by atoms with Crippen LogP contribution in [0.2, 0.25) is 0 Å². The predicted molar refractivity (Wildman–Crippen MR) is 150 cm³/mol. The number of hydrogen-bond donors (Lipinski definition) is 7. The van der Waals surface area contributed by atoms with Gasteiger partial charge in [0.15, 0.2) is 6.29 Å². The van der Waals surface area contributed by atoms with Crippen molar-refractivity contribution in [1.82, 2.24) is 5.32 Å². The number of nitrogens with one attached hydrogen (secondary N) is 1. The average Bonchev–Trinajstić information content (AvgIpc) is 2.92. The van der Waals surface area contributed by atoms with Crippen molar-refractivity contribution in [1.29, 1.82) is 0 Å². The molecule has 242 valence electrons. The Morgan fingerprint density at radius 2 is 1.59 bits per heavy atom. The largest absolute Gasteiger partial charge is 0.397 e. The number of ether oxygens (including phenoxy) is 2. The third kappa shape index (κ3) is 15.2. The fraction of sp³-hybridized carbons (Fsp3) is 0.889. The fourth-order valence-corrected chi connectivity index (χ4v) is 4.95. The summed E-state index contributed by atoms with van der Waals surface area (Å²) in [5.74, 6) is -0.700. The molecule has 0 aromatic carbocycles. The van der Waals surface area contributed by atoms with Gasteiger partial charge in [-0.2, -0.15) is 8.42 Å². The van der Waals surface area contributed by atoms with Gasteiger partial charge < -0.3 is 40.3 Å². The summed E-state index contributed by atoms with van der Waals surface area (Å²) in [6.45, 7) is 2.92. The van der Waals surface area contributed by atoms with Crippen LogP contribution in [0.3, 0.4) is 0 Å². The zero-order valence-electron chi connectivity index (χ0n) is 24.2. The first-order chi connectivity index (χ1) is 19.4. The van der Waals surface area contributed by atoms with Crippen molar-refractivity contribution in [2.75, 3.05) is 13.2 Å². The fourth-order valence-electron chi connectivity index (χ4n) is 4.44. The second kappa shape index (κ2) is 20.7. The number of unbranched alkanes of at least 4 members (excludes halogenated alkanes) is 7. The Balaban J connectivity index is 2.74. The second-order valence-electron chi connectivity index (χ2n) is 10.5. The van der Waals surface area contributed by atoms with E-state index in [4.69, 9.17) is 14.0 Å². The van der Waals surface area contributed by atoms with Crippen molar-refractivity contribution in [2.45, 2.75) is 140 Å². The van der Waals surface area contributed by atoms with Crippen LogP contribution >= 0.6 is 0 Å². The van der Waals surface area contributed by atoms with E-state index in [0.29, 0.717) is 19.3 Å². The SMILES string of the molecule is CCCC/C=C\CCCCCC(O)C(=O)NC(COC1OC(CO)C(O)C(OS(=O)(=O)O)C1O)C(O)CCCCC. The highest BCUT2D eigenvalue weighted by Gasteiger charge is 2.48. The van der Waals surface area contributed by atoms with Crippen molar-refractivity contribution in [3.63, 3.8) is 0 Å². The van der Waals surface area contributed by atoms with Crippen LogP contribution in [-0.4, -0.2) is 107 Å². The lowest BCUT2D eigenvalue weighted by atomic mass is 9.99. The summed E-state index contributed by atoms with van der Waals surface area (Å²) in [5.41, 5.74) is 0. The number of aliphatic hydroxyl groups excluding tert-OH is 5. The van der Waals surface area contributed by atoms with Crippen molar-refractivity contribution in [2.24, 2.45) is 0 Å². The van der Waals surface area contributed by atoms with Crippen LogP contribution in [0.15, 0.2) is 12.2 Å². The number of carbonyl (C=O) groups excluding carboxylic acids is 1. The van der Waals surface area contributed by atoms with Gasteiger partial charge in [-0.15, -0.1) is 0 Å². The van der Waals surface area contributed by atoms with Gasteiger partial charge in [-0.3, -0.25) is 9.35 Å². The van der Waals surface area contributed by atoms with Crippen LogP contribution in [0.5, 0.6) is 0 Å². The molecule has 1 aliphatic rings. The molecule has 0 saturated carbocycles. The molecule has 41 heavy (non-hydrogen) atoms. The third-order valence-corrected chi connectivity index (χ3v) is 7.40. The molecule has 1 fully saturated rings. The molecule has 8 unspecified atom stereocenters. The van der Waals surface area contributed by atoms with E-state index in [9.17, 15) is 38.7 Å². The summed E-state index contributed by atoms with van der Waals surface area (Å²) in [7, 11) is -5.09. The number of amides is 1. The van der Waals surface area contributed by atoms with Crippen molar-refractivity contribution < 1.29 is 57.0 Å². The number of carbonyl (C=O) groups is 1. The van der Waals surface area contributed by atoms with Crippen LogP contribution in [0.4, 0.5) is 0 Å². The zero-order valence-corrected chi connectivity index (χ0v) is 25.0. The van der Waals surface area contributed by atoms with Gasteiger partial charge in [0, 0.05) is 0 Å². The van der Waals surface area contributed by atoms with E-state index in [1.54, 1.807) is 0 Å². The van der Waals surface area contributed by atoms with E-state index in [-0.39, 0.29) is 6.42 Å². The lowest BCUT2D eigenvalue weighted by Crippen LogP contribution is -2.61. The maximum absolute atomic E-state index is 12.7. The molecule has 1 saturated heterocycles. The number of hydrogen-bond acceptors (Lipinski definition) is 11. The summed E-state index contributed by atoms with van der Waals surface area (Å²) in [6.07, 6.45) is 2.90. The van der Waals surface area contributed by atoms with Gasteiger partial charge in [0.05, 0.1) is 25.4 Å². The maximum Gasteiger partial charge on any atom is 0.397 e. The molecule has 1 aliphatic heterocycles. The molecule has 8 atom stereocenters. The lowest BCUT2D eigenvalue weighted by Gasteiger charge is -2.41. The molecule has 0 aliphatic carbocycles. The Labute approximate surface area is 243 Å². The normalized spacial score (nSPS) is 25.7. The van der Waals surface area contributed by atoms with E-state index >= 15 is 0 Å². The van der Waals surface area contributed by atoms with E-state index in [1.807, 2.05) is 6.92 Å². The minimum Gasteiger partial charge on any atom is -0.394 e. The molecule has 0 aromatic heterocycles. The Hall–Kier alpha value is -1.20. The third-order valence-electron chi connectivity index (χ3n) is 6.93. The molecule has 1 heterocycles. The topological polar surface area (TPSA) is 212 Å². The number of aliphatic hydroxyl groups is 5. The van der Waals surface area contributed by atoms with Gasteiger partial charge in [-0.05, 0) is 32.1 Å². The first kappa shape index (κ1) is 37.8. The van der Waals surface area contributed by atoms with Crippen molar-refractivity contribution in [3.05, 3.63) is 12.2 Å². The molecule has 1 amide bonds. The maximum atomic E-state index is 12.7. The van der Waals surface area contributed by atoms with Gasteiger partial charge in [-0.25, -0.2) is 4.18 Å². The molecule has 7 N–H and O–H groups in total. The summed E-state index contributed by atoms with van der Waals surface area (Å²) >= 11 is 0. The minimum atomic E-state index is -5.09. The highest BCUT2D eigenvalue weighted by atomic mass is 32.3. The van der Waals surface area contributed by atoms with Crippen LogP contribution in [-0.2, 0) is 28.9 Å². The minimum absolute atomic E-state index is 0.236. The van der Waals surface area contributed by atoms with Gasteiger partial charge in [0.25, 0.3) is 0 Å². The molecular formula is C27H51NO12S. The molecule has 1 rings (SSSR count). The van der Waals surface area contributed by atoms with E-state index in [0.717, 1.165) is 44.9 Å². The van der Waals surface area contributed by atoms with E-state index in [2.05, 4.69) is 28.6 Å². The van der Waals surface area contributed by atoms with Crippen molar-refractivity contribution in [3.8, 4) is 0 Å². The summed E-state index contributed by atoms with van der Waals surface area (Å²) in [6, 6.07) is -1.03. The van der Waals surface area contributed by atoms with Crippen LogP contribution in [0, 0.1) is 0 Å². The smallest absolute Gasteiger partial charge is 0.394 e. The summed E-state index contributed by atoms with van der Waals surface area (Å²) in [4.78, 5) is 12.7. The predicted octanol–water partition coefficient (Wildman–Crippen LogP) is 1.11. The first-order valence-electron chi connectivity index (χ1n) is 14.7. The second-order valence-corrected chi connectivity index (χ2v) is 11.5. The monoisotopic (exact) mass is 613 g/mol. The molecular weight excluding hydrogens is 562 g/mol. The molecule has 0 aromatic rings.